The van der Waals surface area contributed by atoms with E-state index in [1.807, 2.05) is 0 Å². The molecule has 10 heteroatoms. The van der Waals surface area contributed by atoms with E-state index in [0.717, 1.165) is 145 Å². The molecule has 0 spiro atoms. The topological polar surface area (TPSA) is 53.6 Å². The summed E-state index contributed by atoms with van der Waals surface area (Å²) >= 11 is 0. The maximum absolute atomic E-state index is 19.1. The zero-order chi connectivity index (χ0) is 72.8. The van der Waals surface area contributed by atoms with Crippen LogP contribution in [0.15, 0.2) is 231 Å². The van der Waals surface area contributed by atoms with Crippen LogP contribution in [-0.2, 0) is 41.6 Å². The predicted molar refractivity (Wildman–Crippen MR) is 444 cm³/mol. The zero-order valence-electron chi connectivity index (χ0n) is 63.3. The molecule has 2 atom stereocenters. The Morgan fingerprint density at radius 1 is 0.202 bits per heavy atom. The van der Waals surface area contributed by atoms with Gasteiger partial charge in [0, 0.05) is 44.9 Å². The first-order chi connectivity index (χ1) is 49.2. The second-order valence-corrected chi connectivity index (χ2v) is 41.0. The molecule has 0 N–H and O–H groups in total. The van der Waals surface area contributed by atoms with Gasteiger partial charge < -0.3 is 38.5 Å². The molecule has 0 saturated carbocycles. The summed E-state index contributed by atoms with van der Waals surface area (Å²) in [5.74, 6) is 0. The van der Waals surface area contributed by atoms with Gasteiger partial charge in [-0.1, -0.05) is 222 Å². The first kappa shape index (κ1) is 66.1. The lowest BCUT2D eigenvalue weighted by atomic mass is 9.87. The highest BCUT2D eigenvalue weighted by Crippen LogP contribution is 2.72. The molecule has 6 aliphatic heterocycles. The van der Waals surface area contributed by atoms with Crippen molar-refractivity contribution in [3.05, 3.63) is 264 Å². The van der Waals surface area contributed by atoms with Crippen LogP contribution >= 0.6 is 14.3 Å². The standard InChI is InChI=1S/C94H92N6O2P2/c1-89(2,3)57-31-43-63(44-32-57)95-71-23-19-27-75-83(71)103(101)85-73(95)25-21-29-77(85)99(67-51-39-61(40-52-67)93(13,14)15)81-69-56-80-88-82(70(69)55-79(87(81)103)97(75)65-47-35-59(36-48-65)91(7,8)9)100(68-53-41-62(42-54-68)94(16,17)18)78-30-22-26-74-86(78)104(88,102)84-72(96(74)64-45-33-58(34-46-64)90(4,5)6)24-20-28-76(84)98(80)66-49-37-60(38-50-66)92(10,11)12/h19-56H,1-18H3. The van der Waals surface area contributed by atoms with Crippen molar-refractivity contribution in [2.45, 2.75) is 157 Å². The molecule has 0 aliphatic carbocycles. The van der Waals surface area contributed by atoms with E-state index in [-0.39, 0.29) is 32.5 Å². The summed E-state index contributed by atoms with van der Waals surface area (Å²) in [6.07, 6.45) is 0. The van der Waals surface area contributed by atoms with Crippen molar-refractivity contribution in [1.82, 2.24) is 0 Å². The molecule has 0 aromatic heterocycles. The molecular weight excluding hydrogens is 1310 g/mol. The third kappa shape index (κ3) is 9.35. The highest BCUT2D eigenvalue weighted by atomic mass is 31.2. The minimum absolute atomic E-state index is 0.0753. The van der Waals surface area contributed by atoms with E-state index < -0.39 is 14.3 Å². The monoisotopic (exact) mass is 1400 g/mol. The Morgan fingerprint density at radius 3 is 0.548 bits per heavy atom. The van der Waals surface area contributed by atoms with Crippen molar-refractivity contribution in [2.24, 2.45) is 0 Å². The van der Waals surface area contributed by atoms with Crippen LogP contribution in [0.25, 0.3) is 10.8 Å². The van der Waals surface area contributed by atoms with Gasteiger partial charge >= 0.3 is 0 Å². The molecule has 2 unspecified atom stereocenters. The van der Waals surface area contributed by atoms with E-state index in [1.54, 1.807) is 0 Å². The highest BCUT2D eigenvalue weighted by molar-refractivity contribution is 7.88. The molecule has 18 rings (SSSR count). The lowest BCUT2D eigenvalue weighted by Crippen LogP contribution is -2.49. The number of hydrogen-bond acceptors (Lipinski definition) is 8. The smallest absolute Gasteiger partial charge is 0.183 e. The van der Waals surface area contributed by atoms with Crippen molar-refractivity contribution >= 4 is 159 Å². The van der Waals surface area contributed by atoms with Gasteiger partial charge in [0.15, 0.2) is 14.3 Å². The van der Waals surface area contributed by atoms with Crippen LogP contribution in [0.5, 0.6) is 0 Å². The molecular formula is C94H92N6O2P2. The van der Waals surface area contributed by atoms with Gasteiger partial charge in [0.05, 0.1) is 100 Å². The second-order valence-electron chi connectivity index (χ2n) is 35.9. The Bertz CT molecular complexity index is 5330. The molecule has 0 fully saturated rings. The van der Waals surface area contributed by atoms with Gasteiger partial charge in [-0.25, -0.2) is 0 Å². The van der Waals surface area contributed by atoms with Gasteiger partial charge in [0.25, 0.3) is 0 Å². The van der Waals surface area contributed by atoms with Gasteiger partial charge in [-0.05, 0) is 199 Å². The Kier molecular flexibility index (Phi) is 13.9. The Labute approximate surface area is 615 Å². The first-order valence-corrected chi connectivity index (χ1v) is 40.5. The summed E-state index contributed by atoms with van der Waals surface area (Å²) in [7, 11) is -7.98. The number of hydrogen-bond donors (Lipinski definition) is 0. The molecule has 104 heavy (non-hydrogen) atoms. The molecule has 6 aliphatic rings. The third-order valence-electron chi connectivity index (χ3n) is 23.0. The van der Waals surface area contributed by atoms with Gasteiger partial charge in [-0.2, -0.15) is 0 Å². The molecule has 12 aromatic carbocycles. The van der Waals surface area contributed by atoms with Crippen molar-refractivity contribution in [1.29, 1.82) is 0 Å². The quantitative estimate of drug-likeness (QED) is 0.153. The van der Waals surface area contributed by atoms with Crippen LogP contribution in [0, 0.1) is 0 Å². The van der Waals surface area contributed by atoms with Gasteiger partial charge in [0.1, 0.15) is 0 Å². The largest absolute Gasteiger partial charge is 0.309 e. The lowest BCUT2D eigenvalue weighted by Gasteiger charge is -2.51. The average molecular weight is 1400 g/mol. The molecule has 0 amide bonds. The predicted octanol–water partition coefficient (Wildman–Crippen LogP) is 24.6. The molecule has 0 radical (unpaired) electrons. The fourth-order valence-corrected chi connectivity index (χ4v) is 24.8. The minimum Gasteiger partial charge on any atom is -0.309 e. The van der Waals surface area contributed by atoms with Crippen molar-refractivity contribution < 1.29 is 9.13 Å². The van der Waals surface area contributed by atoms with E-state index >= 15 is 9.13 Å². The van der Waals surface area contributed by atoms with E-state index in [9.17, 15) is 0 Å². The molecule has 8 nitrogen and oxygen atoms in total. The second kappa shape index (κ2) is 21.9. The first-order valence-electron chi connectivity index (χ1n) is 37.0. The van der Waals surface area contributed by atoms with E-state index in [0.29, 0.717) is 0 Å². The van der Waals surface area contributed by atoms with Crippen molar-refractivity contribution in [2.75, 3.05) is 29.4 Å². The number of rotatable bonds is 6. The van der Waals surface area contributed by atoms with E-state index in [4.69, 9.17) is 0 Å². The maximum atomic E-state index is 19.1. The fraction of sp³-hybridized carbons (Fsp3) is 0.255. The van der Waals surface area contributed by atoms with Gasteiger partial charge in [-0.3, -0.25) is 0 Å². The van der Waals surface area contributed by atoms with Crippen LogP contribution < -0.4 is 61.2 Å². The SMILES string of the molecule is CC(C)(C)c1ccc(N2c3cccc4c3P3(=O)c5c2cccc5N(c2ccc(C(C)(C)C)cc2)c2c3c(cc3c5c6c(cc23)N(c2ccc(C(C)(C)C)cc2)c2cccc3c2P6(=O)c2c(cccc2N5c2ccc(C(C)(C)C)cc2)N3c2ccc(C(C)(C)C)cc2)N4c2ccc(C(C)(C)C)cc2)cc1. The summed E-state index contributed by atoms with van der Waals surface area (Å²) in [5.41, 5.74) is 22.7. The molecule has 0 bridgehead atoms. The normalized spacial score (nSPS) is 17.6. The van der Waals surface area contributed by atoms with E-state index in [1.165, 1.54) is 33.4 Å². The number of fused-ring (bicyclic) bond motifs is 3. The summed E-state index contributed by atoms with van der Waals surface area (Å²) in [4.78, 5) is 14.5. The number of anilines is 18. The Hall–Kier alpha value is -9.84. The van der Waals surface area contributed by atoms with Crippen molar-refractivity contribution in [3.8, 4) is 0 Å². The fourth-order valence-electron chi connectivity index (χ4n) is 17.4. The maximum Gasteiger partial charge on any atom is 0.183 e. The zero-order valence-corrected chi connectivity index (χ0v) is 65.1. The van der Waals surface area contributed by atoms with Crippen molar-refractivity contribution in [3.63, 3.8) is 0 Å². The minimum atomic E-state index is -3.99. The molecule has 520 valence electrons. The summed E-state index contributed by atoms with van der Waals surface area (Å²) in [5, 5.41) is 6.57. The van der Waals surface area contributed by atoms with Gasteiger partial charge in [-0.15, -0.1) is 0 Å². The van der Waals surface area contributed by atoms with Crippen LogP contribution in [0.2, 0.25) is 0 Å². The van der Waals surface area contributed by atoms with Crippen LogP contribution in [0.4, 0.5) is 102 Å². The molecule has 6 heterocycles. The van der Waals surface area contributed by atoms with Crippen LogP contribution in [0.1, 0.15) is 158 Å². The van der Waals surface area contributed by atoms with E-state index in [2.05, 4.69) is 385 Å². The van der Waals surface area contributed by atoms with Crippen LogP contribution in [0.3, 0.4) is 0 Å². The number of nitrogens with zero attached hydrogens (tertiary/aromatic N) is 6. The molecule has 0 saturated heterocycles. The van der Waals surface area contributed by atoms with Gasteiger partial charge in [0.2, 0.25) is 0 Å². The van der Waals surface area contributed by atoms with Crippen LogP contribution in [-0.4, -0.2) is 0 Å². The average Bonchev–Trinajstić information content (AvgIpc) is 0.650. The lowest BCUT2D eigenvalue weighted by molar-refractivity contribution is 0.590. The Morgan fingerprint density at radius 2 is 0.365 bits per heavy atom. The number of benzene rings is 12. The summed E-state index contributed by atoms with van der Waals surface area (Å²) < 4.78 is 38.3. The Balaban J connectivity index is 1.04. The highest BCUT2D eigenvalue weighted by Gasteiger charge is 2.59. The summed E-state index contributed by atoms with van der Waals surface area (Å²) in [6, 6.07) is 85.6. The summed E-state index contributed by atoms with van der Waals surface area (Å²) in [6.45, 7) is 40.8. The third-order valence-corrected chi connectivity index (χ3v) is 29.5. The molecule has 12 aromatic rings.